The first-order valence-electron chi connectivity index (χ1n) is 8.49. The van der Waals surface area contributed by atoms with Crippen LogP contribution in [-0.4, -0.2) is 26.7 Å². The van der Waals surface area contributed by atoms with E-state index in [1.165, 1.54) is 4.80 Å². The number of fused-ring (bicyclic) bond motifs is 1. The quantitative estimate of drug-likeness (QED) is 0.702. The highest BCUT2D eigenvalue weighted by atomic mass is 16.5. The predicted molar refractivity (Wildman–Crippen MR) is 94.7 cm³/mol. The third kappa shape index (κ3) is 3.50. The van der Waals surface area contributed by atoms with Crippen molar-refractivity contribution >= 4 is 11.0 Å². The lowest BCUT2D eigenvalue weighted by Crippen LogP contribution is -2.11. The average Bonchev–Trinajstić information content (AvgIpc) is 3.02. The predicted octanol–water partition coefficient (Wildman–Crippen LogP) is 4.33. The summed E-state index contributed by atoms with van der Waals surface area (Å²) in [5.41, 5.74) is 2.13. The van der Waals surface area contributed by atoms with Crippen molar-refractivity contribution in [3.63, 3.8) is 0 Å². The second-order valence-electron chi connectivity index (χ2n) is 6.00. The Kier molecular flexibility index (Phi) is 4.99. The van der Waals surface area contributed by atoms with Crippen molar-refractivity contribution in [3.05, 3.63) is 42.5 Å². The molecule has 0 spiro atoms. The second-order valence-corrected chi connectivity index (χ2v) is 6.00. The maximum atomic E-state index is 10.3. The summed E-state index contributed by atoms with van der Waals surface area (Å²) >= 11 is 0. The second kappa shape index (κ2) is 7.34. The fourth-order valence-corrected chi connectivity index (χ4v) is 2.76. The first kappa shape index (κ1) is 16.3. The minimum absolute atomic E-state index is 0.108. The van der Waals surface area contributed by atoms with Crippen LogP contribution in [0.2, 0.25) is 0 Å². The number of hydrogen-bond acceptors (Lipinski definition) is 4. The molecule has 1 unspecified atom stereocenters. The van der Waals surface area contributed by atoms with Crippen LogP contribution in [0.4, 0.5) is 0 Å². The van der Waals surface area contributed by atoms with E-state index < -0.39 is 0 Å². The molecule has 0 bridgehead atoms. The first-order valence-corrected chi connectivity index (χ1v) is 8.49. The molecule has 0 aliphatic heterocycles. The van der Waals surface area contributed by atoms with Crippen LogP contribution in [0.5, 0.6) is 11.5 Å². The number of benzene rings is 2. The summed E-state index contributed by atoms with van der Waals surface area (Å²) in [5, 5.41) is 19.1. The van der Waals surface area contributed by atoms with Gasteiger partial charge in [0.1, 0.15) is 28.2 Å². The molecule has 0 aliphatic rings. The Bertz CT molecular complexity index is 780. The lowest BCUT2D eigenvalue weighted by Gasteiger charge is -2.15. The Hall–Kier alpha value is -2.56. The van der Waals surface area contributed by atoms with Crippen LogP contribution in [0.1, 0.15) is 33.1 Å². The van der Waals surface area contributed by atoms with E-state index in [0.29, 0.717) is 24.0 Å². The molecule has 1 aromatic heterocycles. The molecule has 2 aromatic carbocycles. The minimum Gasteiger partial charge on any atom is -0.505 e. The summed E-state index contributed by atoms with van der Waals surface area (Å²) < 4.78 is 5.83. The number of nitrogens with zero attached hydrogens (tertiary/aromatic N) is 3. The van der Waals surface area contributed by atoms with Crippen LogP contribution in [0.3, 0.4) is 0 Å². The van der Waals surface area contributed by atoms with Gasteiger partial charge in [0.05, 0.1) is 6.61 Å². The Balaban J connectivity index is 1.77. The molecule has 1 heterocycles. The van der Waals surface area contributed by atoms with Gasteiger partial charge in [-0.3, -0.25) is 0 Å². The fraction of sp³-hybridized carbons (Fsp3) is 0.368. The summed E-state index contributed by atoms with van der Waals surface area (Å²) in [4.78, 5) is 1.45. The lowest BCUT2D eigenvalue weighted by molar-refractivity contribution is 0.234. The van der Waals surface area contributed by atoms with Crippen LogP contribution >= 0.6 is 0 Å². The van der Waals surface area contributed by atoms with Gasteiger partial charge in [0, 0.05) is 6.07 Å². The van der Waals surface area contributed by atoms with Crippen LogP contribution in [0, 0.1) is 5.92 Å². The van der Waals surface area contributed by atoms with Crippen molar-refractivity contribution in [2.75, 3.05) is 6.61 Å². The minimum atomic E-state index is 0.108. The molecule has 24 heavy (non-hydrogen) atoms. The highest BCUT2D eigenvalue weighted by Crippen LogP contribution is 2.27. The number of ether oxygens (including phenoxy) is 1. The van der Waals surface area contributed by atoms with E-state index in [2.05, 4.69) is 24.0 Å². The Morgan fingerprint density at radius 1 is 1.08 bits per heavy atom. The summed E-state index contributed by atoms with van der Waals surface area (Å²) in [6.07, 6.45) is 3.41. The highest BCUT2D eigenvalue weighted by Gasteiger charge is 2.11. The largest absolute Gasteiger partial charge is 0.505 e. The molecule has 3 aromatic rings. The maximum Gasteiger partial charge on any atom is 0.146 e. The van der Waals surface area contributed by atoms with Gasteiger partial charge in [-0.15, -0.1) is 15.0 Å². The smallest absolute Gasteiger partial charge is 0.146 e. The molecule has 126 valence electrons. The number of phenolic OH excluding ortho intramolecular Hbond substituents is 1. The molecule has 0 radical (unpaired) electrons. The number of phenols is 1. The molecular formula is C19H23N3O2. The van der Waals surface area contributed by atoms with Gasteiger partial charge in [0.15, 0.2) is 0 Å². The fourth-order valence-electron chi connectivity index (χ4n) is 2.76. The van der Waals surface area contributed by atoms with Gasteiger partial charge in [-0.1, -0.05) is 38.8 Å². The molecular weight excluding hydrogens is 302 g/mol. The van der Waals surface area contributed by atoms with E-state index in [0.717, 1.165) is 30.3 Å². The molecule has 1 atom stereocenters. The van der Waals surface area contributed by atoms with Crippen molar-refractivity contribution in [1.29, 1.82) is 0 Å². The van der Waals surface area contributed by atoms with E-state index in [1.807, 2.05) is 30.3 Å². The first-order chi connectivity index (χ1) is 11.7. The highest BCUT2D eigenvalue weighted by molar-refractivity contribution is 5.73. The molecule has 5 heteroatoms. The van der Waals surface area contributed by atoms with Gasteiger partial charge >= 0.3 is 0 Å². The standard InChI is InChI=1S/C19H23N3O2/c1-3-7-14(4-2)13-24-15-10-11-18(19(23)12-15)22-20-16-8-5-6-9-17(16)21-22/h5-6,8-12,14,23H,3-4,7,13H2,1-2H3. The number of hydrogen-bond donors (Lipinski definition) is 1. The molecule has 1 N–H and O–H groups in total. The van der Waals surface area contributed by atoms with Crippen molar-refractivity contribution in [1.82, 2.24) is 15.0 Å². The van der Waals surface area contributed by atoms with Crippen LogP contribution in [0.15, 0.2) is 42.5 Å². The van der Waals surface area contributed by atoms with Gasteiger partial charge in [0.2, 0.25) is 0 Å². The van der Waals surface area contributed by atoms with Crippen molar-refractivity contribution in [2.24, 2.45) is 5.92 Å². The summed E-state index contributed by atoms with van der Waals surface area (Å²) in [6, 6.07) is 12.9. The summed E-state index contributed by atoms with van der Waals surface area (Å²) in [7, 11) is 0. The molecule has 0 amide bonds. The SMILES string of the molecule is CCCC(CC)COc1ccc(-n2nc3ccccc3n2)c(O)c1. The Morgan fingerprint density at radius 3 is 2.38 bits per heavy atom. The molecule has 0 aliphatic carbocycles. The molecule has 0 saturated carbocycles. The van der Waals surface area contributed by atoms with E-state index >= 15 is 0 Å². The third-order valence-electron chi connectivity index (χ3n) is 4.21. The van der Waals surface area contributed by atoms with Crippen molar-refractivity contribution in [2.45, 2.75) is 33.1 Å². The number of rotatable bonds is 7. The zero-order valence-corrected chi connectivity index (χ0v) is 14.1. The van der Waals surface area contributed by atoms with Gasteiger partial charge in [0.25, 0.3) is 0 Å². The van der Waals surface area contributed by atoms with E-state index in [4.69, 9.17) is 4.74 Å². The normalized spacial score (nSPS) is 12.4. The van der Waals surface area contributed by atoms with Crippen LogP contribution in [-0.2, 0) is 0 Å². The summed E-state index contributed by atoms with van der Waals surface area (Å²) in [5.74, 6) is 1.33. The number of aromatic nitrogens is 3. The number of aromatic hydroxyl groups is 1. The van der Waals surface area contributed by atoms with Gasteiger partial charge in [-0.25, -0.2) is 0 Å². The van der Waals surface area contributed by atoms with Gasteiger partial charge < -0.3 is 9.84 Å². The average molecular weight is 325 g/mol. The Morgan fingerprint density at radius 2 is 1.79 bits per heavy atom. The van der Waals surface area contributed by atoms with E-state index in [-0.39, 0.29) is 5.75 Å². The maximum absolute atomic E-state index is 10.3. The third-order valence-corrected chi connectivity index (χ3v) is 4.21. The molecule has 0 fully saturated rings. The molecule has 0 saturated heterocycles. The lowest BCUT2D eigenvalue weighted by atomic mass is 10.0. The van der Waals surface area contributed by atoms with Crippen LogP contribution in [0.25, 0.3) is 16.7 Å². The van der Waals surface area contributed by atoms with Gasteiger partial charge in [-0.05, 0) is 36.6 Å². The van der Waals surface area contributed by atoms with Crippen molar-refractivity contribution < 1.29 is 9.84 Å². The van der Waals surface area contributed by atoms with Crippen molar-refractivity contribution in [3.8, 4) is 17.2 Å². The molecule has 3 rings (SSSR count). The van der Waals surface area contributed by atoms with Gasteiger partial charge in [-0.2, -0.15) is 0 Å². The van der Waals surface area contributed by atoms with E-state index in [1.54, 1.807) is 12.1 Å². The van der Waals surface area contributed by atoms with E-state index in [9.17, 15) is 5.11 Å². The zero-order chi connectivity index (χ0) is 16.9. The molecule has 5 nitrogen and oxygen atoms in total. The van der Waals surface area contributed by atoms with Crippen LogP contribution < -0.4 is 4.74 Å². The summed E-state index contributed by atoms with van der Waals surface area (Å²) in [6.45, 7) is 5.04. The monoisotopic (exact) mass is 325 g/mol. The topological polar surface area (TPSA) is 60.2 Å². The Labute approximate surface area is 141 Å². The zero-order valence-electron chi connectivity index (χ0n) is 14.1.